The summed E-state index contributed by atoms with van der Waals surface area (Å²) in [5.41, 5.74) is 3.03. The van der Waals surface area contributed by atoms with E-state index < -0.39 is 0 Å². The lowest BCUT2D eigenvalue weighted by atomic mass is 10.2. The van der Waals surface area contributed by atoms with Gasteiger partial charge in [-0.2, -0.15) is 0 Å². The van der Waals surface area contributed by atoms with Gasteiger partial charge in [0.05, 0.1) is 6.61 Å². The lowest BCUT2D eigenvalue weighted by molar-refractivity contribution is -0.116. The first-order chi connectivity index (χ1) is 17.0. The highest BCUT2D eigenvalue weighted by atomic mass is 32.1. The molecule has 3 aromatic rings. The molecule has 0 bridgehead atoms. The number of anilines is 2. The van der Waals surface area contributed by atoms with Crippen molar-refractivity contribution >= 4 is 40.5 Å². The Morgan fingerprint density at radius 3 is 2.29 bits per heavy atom. The van der Waals surface area contributed by atoms with Crippen LogP contribution < -0.4 is 20.7 Å². The van der Waals surface area contributed by atoms with Crippen LogP contribution in [0.3, 0.4) is 0 Å². The normalized spacial score (nSPS) is 10.3. The van der Waals surface area contributed by atoms with Crippen molar-refractivity contribution in [3.63, 3.8) is 0 Å². The molecule has 7 heteroatoms. The second kappa shape index (κ2) is 13.9. The first-order valence-corrected chi connectivity index (χ1v) is 12.2. The van der Waals surface area contributed by atoms with Crippen molar-refractivity contribution in [3.05, 3.63) is 90.0 Å². The van der Waals surface area contributed by atoms with Gasteiger partial charge in [-0.15, -0.1) is 0 Å². The standard InChI is InChI=1S/C28H31N3O3S/c1-2-3-5-13-26(32)29-23-11-8-12-24(20-23)30-28(35)31-27(33)22-14-16-25(17-15-22)34-19-18-21-9-6-4-7-10-21/h4,6-12,14-17,20H,2-3,5,13,18-19H2,1H3,(H,29,32)(H2,30,31,33,35). The molecule has 0 aliphatic rings. The van der Waals surface area contributed by atoms with E-state index in [-0.39, 0.29) is 16.9 Å². The van der Waals surface area contributed by atoms with Crippen molar-refractivity contribution in [2.45, 2.75) is 39.0 Å². The molecule has 0 radical (unpaired) electrons. The molecule has 0 aliphatic carbocycles. The van der Waals surface area contributed by atoms with Crippen LogP contribution in [0.1, 0.15) is 48.5 Å². The number of hydrogen-bond acceptors (Lipinski definition) is 4. The predicted molar refractivity (Wildman–Crippen MR) is 145 cm³/mol. The van der Waals surface area contributed by atoms with Crippen molar-refractivity contribution in [1.29, 1.82) is 0 Å². The Hall–Kier alpha value is -3.71. The van der Waals surface area contributed by atoms with Gasteiger partial charge >= 0.3 is 0 Å². The van der Waals surface area contributed by atoms with Crippen molar-refractivity contribution in [3.8, 4) is 5.75 Å². The molecule has 0 spiro atoms. The lowest BCUT2D eigenvalue weighted by Gasteiger charge is -2.12. The molecule has 35 heavy (non-hydrogen) atoms. The van der Waals surface area contributed by atoms with E-state index in [1.165, 1.54) is 5.56 Å². The molecule has 3 rings (SSSR count). The van der Waals surface area contributed by atoms with E-state index in [0.717, 1.165) is 25.7 Å². The molecule has 0 fully saturated rings. The van der Waals surface area contributed by atoms with Crippen LogP contribution in [-0.4, -0.2) is 23.5 Å². The number of unbranched alkanes of at least 4 members (excludes halogenated alkanes) is 2. The van der Waals surface area contributed by atoms with Crippen LogP contribution in [-0.2, 0) is 11.2 Å². The largest absolute Gasteiger partial charge is 0.493 e. The molecule has 3 aromatic carbocycles. The molecule has 6 nitrogen and oxygen atoms in total. The SMILES string of the molecule is CCCCCC(=O)Nc1cccc(NC(=S)NC(=O)c2ccc(OCCc3ccccc3)cc2)c1. The summed E-state index contributed by atoms with van der Waals surface area (Å²) >= 11 is 5.29. The summed E-state index contributed by atoms with van der Waals surface area (Å²) in [6, 6.07) is 24.3. The van der Waals surface area contributed by atoms with Crippen LogP contribution in [0.2, 0.25) is 0 Å². The fourth-order valence-corrected chi connectivity index (χ4v) is 3.62. The summed E-state index contributed by atoms with van der Waals surface area (Å²) in [6.07, 6.45) is 4.29. The molecule has 3 N–H and O–H groups in total. The minimum absolute atomic E-state index is 0.0148. The fraction of sp³-hybridized carbons (Fsp3) is 0.250. The molecule has 0 aliphatic heterocycles. The number of nitrogens with one attached hydrogen (secondary N) is 3. The van der Waals surface area contributed by atoms with Crippen LogP contribution in [0, 0.1) is 0 Å². The van der Waals surface area contributed by atoms with Crippen LogP contribution in [0.25, 0.3) is 0 Å². The molecular weight excluding hydrogens is 458 g/mol. The van der Waals surface area contributed by atoms with Gasteiger partial charge in [0.15, 0.2) is 5.11 Å². The Bertz CT molecular complexity index is 1120. The summed E-state index contributed by atoms with van der Waals surface area (Å²) in [5, 5.41) is 8.72. The summed E-state index contributed by atoms with van der Waals surface area (Å²) in [5.74, 6) is 0.365. The number of carbonyl (C=O) groups is 2. The van der Waals surface area contributed by atoms with Crippen LogP contribution in [0.4, 0.5) is 11.4 Å². The van der Waals surface area contributed by atoms with Crippen molar-refractivity contribution in [1.82, 2.24) is 5.32 Å². The summed E-state index contributed by atoms with van der Waals surface area (Å²) in [4.78, 5) is 24.6. The Labute approximate surface area is 212 Å². The molecule has 0 atom stereocenters. The van der Waals surface area contributed by atoms with Crippen LogP contribution in [0.5, 0.6) is 5.75 Å². The van der Waals surface area contributed by atoms with E-state index >= 15 is 0 Å². The molecule has 182 valence electrons. The Morgan fingerprint density at radius 1 is 0.857 bits per heavy atom. The monoisotopic (exact) mass is 489 g/mol. The maximum absolute atomic E-state index is 12.6. The van der Waals surface area contributed by atoms with Gasteiger partial charge in [-0.05, 0) is 66.7 Å². The Balaban J connectivity index is 1.45. The molecule has 0 unspecified atom stereocenters. The van der Waals surface area contributed by atoms with Crippen molar-refractivity contribution in [2.24, 2.45) is 0 Å². The van der Waals surface area contributed by atoms with Gasteiger partial charge < -0.3 is 15.4 Å². The summed E-state index contributed by atoms with van der Waals surface area (Å²) < 4.78 is 5.77. The topological polar surface area (TPSA) is 79.5 Å². The Kier molecular flexibility index (Phi) is 10.3. The number of amides is 2. The van der Waals surface area contributed by atoms with Gasteiger partial charge in [0.1, 0.15) is 5.75 Å². The second-order valence-electron chi connectivity index (χ2n) is 8.10. The maximum Gasteiger partial charge on any atom is 0.257 e. The third-order valence-electron chi connectivity index (χ3n) is 5.26. The average molecular weight is 490 g/mol. The van der Waals surface area contributed by atoms with E-state index in [2.05, 4.69) is 35.0 Å². The third-order valence-corrected chi connectivity index (χ3v) is 5.46. The van der Waals surface area contributed by atoms with Gasteiger partial charge in [-0.25, -0.2) is 0 Å². The van der Waals surface area contributed by atoms with Crippen molar-refractivity contribution in [2.75, 3.05) is 17.2 Å². The number of benzene rings is 3. The lowest BCUT2D eigenvalue weighted by Crippen LogP contribution is -2.34. The van der Waals surface area contributed by atoms with E-state index in [0.29, 0.717) is 35.7 Å². The molecule has 0 saturated heterocycles. The molecule has 0 saturated carbocycles. The highest BCUT2D eigenvalue weighted by Crippen LogP contribution is 2.16. The van der Waals surface area contributed by atoms with Crippen LogP contribution in [0.15, 0.2) is 78.9 Å². The van der Waals surface area contributed by atoms with E-state index in [9.17, 15) is 9.59 Å². The van der Waals surface area contributed by atoms with Gasteiger partial charge in [0, 0.05) is 29.8 Å². The first-order valence-electron chi connectivity index (χ1n) is 11.8. The quantitative estimate of drug-likeness (QED) is 0.229. The minimum Gasteiger partial charge on any atom is -0.493 e. The fourth-order valence-electron chi connectivity index (χ4n) is 3.41. The average Bonchev–Trinajstić information content (AvgIpc) is 2.85. The number of hydrogen-bond donors (Lipinski definition) is 3. The van der Waals surface area contributed by atoms with Gasteiger partial charge in [-0.1, -0.05) is 56.2 Å². The number of rotatable bonds is 11. The number of thiocarbonyl (C=S) groups is 1. The molecule has 0 heterocycles. The van der Waals surface area contributed by atoms with E-state index in [1.807, 2.05) is 36.4 Å². The zero-order valence-corrected chi connectivity index (χ0v) is 20.7. The summed E-state index contributed by atoms with van der Waals surface area (Å²) in [7, 11) is 0. The van der Waals surface area contributed by atoms with E-state index in [1.54, 1.807) is 30.3 Å². The van der Waals surface area contributed by atoms with E-state index in [4.69, 9.17) is 17.0 Å². The zero-order chi connectivity index (χ0) is 24.9. The highest BCUT2D eigenvalue weighted by molar-refractivity contribution is 7.80. The van der Waals surface area contributed by atoms with Crippen molar-refractivity contribution < 1.29 is 14.3 Å². The molecular formula is C28H31N3O3S. The highest BCUT2D eigenvalue weighted by Gasteiger charge is 2.09. The third kappa shape index (κ3) is 9.22. The molecule has 0 aromatic heterocycles. The van der Waals surface area contributed by atoms with Gasteiger partial charge in [0.2, 0.25) is 5.91 Å². The van der Waals surface area contributed by atoms with Gasteiger partial charge in [0.25, 0.3) is 5.91 Å². The van der Waals surface area contributed by atoms with Gasteiger partial charge in [-0.3, -0.25) is 14.9 Å². The minimum atomic E-state index is -0.321. The van der Waals surface area contributed by atoms with Crippen LogP contribution >= 0.6 is 12.2 Å². The number of ether oxygens (including phenoxy) is 1. The maximum atomic E-state index is 12.6. The zero-order valence-electron chi connectivity index (χ0n) is 19.9. The number of carbonyl (C=O) groups excluding carboxylic acids is 2. The first kappa shape index (κ1) is 25.9. The predicted octanol–water partition coefficient (Wildman–Crippen LogP) is 5.95. The summed E-state index contributed by atoms with van der Waals surface area (Å²) in [6.45, 7) is 2.66. The Morgan fingerprint density at radius 2 is 1.57 bits per heavy atom. The second-order valence-corrected chi connectivity index (χ2v) is 8.51. The molecule has 2 amide bonds. The smallest absolute Gasteiger partial charge is 0.257 e.